The standard InChI is InChI=1S/C16H16ClF/c1-16(2,3)15-7-5-4-6-14(15)11-8-12(17)10-13(18)9-11/h4-10H,1-3H3. The van der Waals surface area contributed by atoms with Crippen LogP contribution in [0.1, 0.15) is 26.3 Å². The monoisotopic (exact) mass is 262 g/mol. The molecule has 2 rings (SSSR count). The second kappa shape index (κ2) is 4.74. The predicted molar refractivity (Wildman–Crippen MR) is 75.5 cm³/mol. The van der Waals surface area contributed by atoms with Crippen LogP contribution < -0.4 is 0 Å². The molecule has 0 aliphatic heterocycles. The minimum atomic E-state index is -0.304. The molecule has 0 aromatic heterocycles. The summed E-state index contributed by atoms with van der Waals surface area (Å²) in [6.07, 6.45) is 0. The van der Waals surface area contributed by atoms with Crippen LogP contribution in [-0.4, -0.2) is 0 Å². The van der Waals surface area contributed by atoms with Crippen molar-refractivity contribution < 1.29 is 4.39 Å². The summed E-state index contributed by atoms with van der Waals surface area (Å²) in [5, 5.41) is 0.425. The summed E-state index contributed by atoms with van der Waals surface area (Å²) in [5.74, 6) is -0.304. The third-order valence-electron chi connectivity index (χ3n) is 2.91. The molecule has 0 heterocycles. The molecule has 94 valence electrons. The highest BCUT2D eigenvalue weighted by molar-refractivity contribution is 6.30. The fourth-order valence-corrected chi connectivity index (χ4v) is 2.32. The van der Waals surface area contributed by atoms with Crippen LogP contribution in [0.2, 0.25) is 5.02 Å². The Morgan fingerprint density at radius 2 is 1.67 bits per heavy atom. The van der Waals surface area contributed by atoms with Crippen molar-refractivity contribution in [1.29, 1.82) is 0 Å². The van der Waals surface area contributed by atoms with Gasteiger partial charge in [-0.1, -0.05) is 56.6 Å². The third-order valence-corrected chi connectivity index (χ3v) is 3.13. The highest BCUT2D eigenvalue weighted by atomic mass is 35.5. The summed E-state index contributed by atoms with van der Waals surface area (Å²) in [6, 6.07) is 12.7. The molecule has 0 aliphatic rings. The van der Waals surface area contributed by atoms with Crippen molar-refractivity contribution in [2.24, 2.45) is 0 Å². The maximum absolute atomic E-state index is 13.5. The second-order valence-electron chi connectivity index (χ2n) is 5.45. The molecular formula is C16H16ClF. The van der Waals surface area contributed by atoms with Gasteiger partial charge in [-0.15, -0.1) is 0 Å². The fraction of sp³-hybridized carbons (Fsp3) is 0.250. The van der Waals surface area contributed by atoms with Crippen molar-refractivity contribution in [1.82, 2.24) is 0 Å². The van der Waals surface area contributed by atoms with Crippen LogP contribution in [-0.2, 0) is 5.41 Å². The first kappa shape index (κ1) is 13.1. The Kier molecular flexibility index (Phi) is 3.45. The molecule has 2 aromatic rings. The van der Waals surface area contributed by atoms with Crippen LogP contribution in [0, 0.1) is 5.82 Å². The molecule has 2 aromatic carbocycles. The van der Waals surface area contributed by atoms with Crippen LogP contribution in [0.3, 0.4) is 0 Å². The molecule has 18 heavy (non-hydrogen) atoms. The zero-order chi connectivity index (χ0) is 13.3. The van der Waals surface area contributed by atoms with Gasteiger partial charge in [-0.05, 0) is 40.3 Å². The summed E-state index contributed by atoms with van der Waals surface area (Å²) < 4.78 is 13.5. The first-order chi connectivity index (χ1) is 8.38. The predicted octanol–water partition coefficient (Wildman–Crippen LogP) is 5.44. The lowest BCUT2D eigenvalue weighted by Gasteiger charge is -2.23. The van der Waals surface area contributed by atoms with Crippen LogP contribution >= 0.6 is 11.6 Å². The van der Waals surface area contributed by atoms with E-state index in [9.17, 15) is 4.39 Å². The van der Waals surface area contributed by atoms with E-state index in [2.05, 4.69) is 26.8 Å². The van der Waals surface area contributed by atoms with E-state index in [1.807, 2.05) is 18.2 Å². The van der Waals surface area contributed by atoms with Crippen molar-refractivity contribution in [2.75, 3.05) is 0 Å². The Morgan fingerprint density at radius 1 is 1.00 bits per heavy atom. The molecule has 0 unspecified atom stereocenters. The van der Waals surface area contributed by atoms with Crippen molar-refractivity contribution in [3.05, 3.63) is 58.9 Å². The zero-order valence-corrected chi connectivity index (χ0v) is 11.6. The molecule has 0 radical (unpaired) electrons. The lowest BCUT2D eigenvalue weighted by molar-refractivity contribution is 0.591. The topological polar surface area (TPSA) is 0 Å². The zero-order valence-electron chi connectivity index (χ0n) is 10.8. The van der Waals surface area contributed by atoms with E-state index < -0.39 is 0 Å². The van der Waals surface area contributed by atoms with Gasteiger partial charge in [0.25, 0.3) is 0 Å². The highest BCUT2D eigenvalue weighted by Crippen LogP contribution is 2.34. The number of halogens is 2. The quantitative estimate of drug-likeness (QED) is 0.642. The van der Waals surface area contributed by atoms with E-state index in [0.717, 1.165) is 11.1 Å². The lowest BCUT2D eigenvalue weighted by Crippen LogP contribution is -2.12. The molecule has 0 N–H and O–H groups in total. The summed E-state index contributed by atoms with van der Waals surface area (Å²) in [6.45, 7) is 6.44. The van der Waals surface area contributed by atoms with Gasteiger partial charge in [0.05, 0.1) is 0 Å². The highest BCUT2D eigenvalue weighted by Gasteiger charge is 2.18. The maximum atomic E-state index is 13.5. The summed E-state index contributed by atoms with van der Waals surface area (Å²) in [7, 11) is 0. The molecular weight excluding hydrogens is 247 g/mol. The van der Waals surface area contributed by atoms with Gasteiger partial charge in [-0.2, -0.15) is 0 Å². The van der Waals surface area contributed by atoms with Gasteiger partial charge >= 0.3 is 0 Å². The molecule has 0 amide bonds. The number of hydrogen-bond acceptors (Lipinski definition) is 0. The van der Waals surface area contributed by atoms with E-state index in [-0.39, 0.29) is 11.2 Å². The number of benzene rings is 2. The van der Waals surface area contributed by atoms with E-state index in [1.165, 1.54) is 17.7 Å². The van der Waals surface area contributed by atoms with E-state index in [4.69, 9.17) is 11.6 Å². The van der Waals surface area contributed by atoms with Gasteiger partial charge < -0.3 is 0 Å². The maximum Gasteiger partial charge on any atom is 0.125 e. The minimum Gasteiger partial charge on any atom is -0.207 e. The fourth-order valence-electron chi connectivity index (χ4n) is 2.10. The molecule has 0 spiro atoms. The molecule has 0 fully saturated rings. The van der Waals surface area contributed by atoms with Crippen molar-refractivity contribution in [3.63, 3.8) is 0 Å². The van der Waals surface area contributed by atoms with Crippen LogP contribution in [0.25, 0.3) is 11.1 Å². The van der Waals surface area contributed by atoms with Crippen molar-refractivity contribution >= 4 is 11.6 Å². The summed E-state index contributed by atoms with van der Waals surface area (Å²) in [5.41, 5.74) is 3.05. The first-order valence-corrected chi connectivity index (χ1v) is 6.32. The SMILES string of the molecule is CC(C)(C)c1ccccc1-c1cc(F)cc(Cl)c1. The molecule has 0 nitrogen and oxygen atoms in total. The Hall–Kier alpha value is -1.34. The third kappa shape index (κ3) is 2.73. The average molecular weight is 263 g/mol. The first-order valence-electron chi connectivity index (χ1n) is 5.94. The van der Waals surface area contributed by atoms with Gasteiger partial charge in [-0.25, -0.2) is 4.39 Å². The molecule has 0 saturated carbocycles. The Bertz CT molecular complexity index is 547. The Morgan fingerprint density at radius 3 is 2.28 bits per heavy atom. The second-order valence-corrected chi connectivity index (χ2v) is 5.89. The van der Waals surface area contributed by atoms with Crippen molar-refractivity contribution in [3.8, 4) is 11.1 Å². The van der Waals surface area contributed by atoms with E-state index in [1.54, 1.807) is 6.07 Å². The Labute approximate surface area is 112 Å². The molecule has 0 atom stereocenters. The van der Waals surface area contributed by atoms with E-state index >= 15 is 0 Å². The normalized spacial score (nSPS) is 11.6. The molecule has 2 heteroatoms. The van der Waals surface area contributed by atoms with Gasteiger partial charge in [0, 0.05) is 5.02 Å². The molecule has 0 saturated heterocycles. The number of hydrogen-bond donors (Lipinski definition) is 0. The number of rotatable bonds is 1. The van der Waals surface area contributed by atoms with E-state index in [0.29, 0.717) is 5.02 Å². The summed E-state index contributed by atoms with van der Waals surface area (Å²) >= 11 is 5.93. The van der Waals surface area contributed by atoms with Crippen LogP contribution in [0.5, 0.6) is 0 Å². The van der Waals surface area contributed by atoms with Gasteiger partial charge in [0.1, 0.15) is 5.82 Å². The minimum absolute atomic E-state index is 0.00931. The van der Waals surface area contributed by atoms with Crippen LogP contribution in [0.4, 0.5) is 4.39 Å². The van der Waals surface area contributed by atoms with Gasteiger partial charge in [0.2, 0.25) is 0 Å². The Balaban J connectivity index is 2.64. The average Bonchev–Trinajstić information content (AvgIpc) is 2.26. The summed E-state index contributed by atoms with van der Waals surface area (Å²) in [4.78, 5) is 0. The lowest BCUT2D eigenvalue weighted by atomic mass is 9.82. The van der Waals surface area contributed by atoms with Crippen molar-refractivity contribution in [2.45, 2.75) is 26.2 Å². The molecule has 0 bridgehead atoms. The smallest absolute Gasteiger partial charge is 0.125 e. The van der Waals surface area contributed by atoms with Crippen LogP contribution in [0.15, 0.2) is 42.5 Å². The van der Waals surface area contributed by atoms with Gasteiger partial charge in [0.15, 0.2) is 0 Å². The molecule has 0 aliphatic carbocycles. The largest absolute Gasteiger partial charge is 0.207 e. The van der Waals surface area contributed by atoms with Gasteiger partial charge in [-0.3, -0.25) is 0 Å².